The maximum absolute atomic E-state index is 11.4. The predicted molar refractivity (Wildman–Crippen MR) is 49.3 cm³/mol. The first kappa shape index (κ1) is 11.5. The van der Waals surface area contributed by atoms with Crippen LogP contribution in [-0.4, -0.2) is 47.5 Å². The molecule has 1 heterocycles. The number of carbonyl (C=O) groups is 3. The van der Waals surface area contributed by atoms with Gasteiger partial charge in [0.25, 0.3) is 0 Å². The first-order valence-electron chi connectivity index (χ1n) is 4.73. The fraction of sp³-hybridized carbons (Fsp3) is 0.667. The number of nitrogens with zero attached hydrogens (tertiary/aromatic N) is 1. The zero-order chi connectivity index (χ0) is 11.4. The van der Waals surface area contributed by atoms with Gasteiger partial charge in [0.1, 0.15) is 5.92 Å². The summed E-state index contributed by atoms with van der Waals surface area (Å²) in [5.41, 5.74) is 0. The second-order valence-corrected chi connectivity index (χ2v) is 3.25. The van der Waals surface area contributed by atoms with Crippen molar-refractivity contribution in [2.75, 3.05) is 19.7 Å². The molecule has 1 unspecified atom stereocenters. The van der Waals surface area contributed by atoms with Crippen molar-refractivity contribution < 1.29 is 24.2 Å². The number of likely N-dealkylation sites (tertiary alicyclic amines) is 1. The Morgan fingerprint density at radius 3 is 2.80 bits per heavy atom. The van der Waals surface area contributed by atoms with E-state index in [9.17, 15) is 14.4 Å². The van der Waals surface area contributed by atoms with Crippen molar-refractivity contribution in [3.05, 3.63) is 0 Å². The van der Waals surface area contributed by atoms with Gasteiger partial charge in [0.15, 0.2) is 5.78 Å². The molecule has 1 rings (SSSR count). The summed E-state index contributed by atoms with van der Waals surface area (Å²) in [7, 11) is 0. The normalized spacial score (nSPS) is 21.3. The van der Waals surface area contributed by atoms with Crippen LogP contribution in [-0.2, 0) is 14.3 Å². The Labute approximate surface area is 86.8 Å². The molecule has 0 aromatic carbocycles. The van der Waals surface area contributed by atoms with E-state index in [0.29, 0.717) is 0 Å². The van der Waals surface area contributed by atoms with Crippen LogP contribution in [0.5, 0.6) is 0 Å². The number of carbonyl (C=O) groups excluding carboxylic acids is 2. The molecular formula is C9H13NO5. The third kappa shape index (κ3) is 2.68. The van der Waals surface area contributed by atoms with Gasteiger partial charge in [-0.25, -0.2) is 4.79 Å². The monoisotopic (exact) mass is 215 g/mol. The average molecular weight is 215 g/mol. The Bertz CT molecular complexity index is 288. The molecule has 0 bridgehead atoms. The van der Waals surface area contributed by atoms with Crippen LogP contribution in [0, 0.1) is 5.92 Å². The van der Waals surface area contributed by atoms with E-state index >= 15 is 0 Å². The van der Waals surface area contributed by atoms with E-state index in [4.69, 9.17) is 9.84 Å². The van der Waals surface area contributed by atoms with Crippen molar-refractivity contribution in [1.29, 1.82) is 0 Å². The Morgan fingerprint density at radius 1 is 1.60 bits per heavy atom. The summed E-state index contributed by atoms with van der Waals surface area (Å²) in [6, 6.07) is 0. The molecule has 1 fully saturated rings. The standard InChI is InChI=1S/C9H13NO5/c1-2-15-8(12)6-5-10(9(13)14)4-3-7(6)11/h6H,2-5H2,1H3,(H,13,14). The number of carboxylic acid groups (broad SMARTS) is 1. The largest absolute Gasteiger partial charge is 0.465 e. The Balaban J connectivity index is 2.65. The molecule has 1 aliphatic rings. The molecular weight excluding hydrogens is 202 g/mol. The highest BCUT2D eigenvalue weighted by atomic mass is 16.5. The third-order valence-corrected chi connectivity index (χ3v) is 2.26. The number of ketones is 1. The number of hydrogen-bond acceptors (Lipinski definition) is 4. The number of Topliss-reactive ketones (excluding diaryl/α,β-unsaturated/α-hetero) is 1. The first-order valence-corrected chi connectivity index (χ1v) is 4.73. The SMILES string of the molecule is CCOC(=O)C1CN(C(=O)O)CCC1=O. The minimum absolute atomic E-state index is 0.0791. The summed E-state index contributed by atoms with van der Waals surface area (Å²) < 4.78 is 4.70. The lowest BCUT2D eigenvalue weighted by atomic mass is 9.97. The molecule has 0 spiro atoms. The third-order valence-electron chi connectivity index (χ3n) is 2.26. The fourth-order valence-electron chi connectivity index (χ4n) is 1.46. The summed E-state index contributed by atoms with van der Waals surface area (Å²) in [5, 5.41) is 8.72. The van der Waals surface area contributed by atoms with Gasteiger partial charge in [-0.05, 0) is 6.92 Å². The first-order chi connectivity index (χ1) is 7.06. The minimum Gasteiger partial charge on any atom is -0.465 e. The highest BCUT2D eigenvalue weighted by Crippen LogP contribution is 2.14. The maximum atomic E-state index is 11.4. The lowest BCUT2D eigenvalue weighted by molar-refractivity contribution is -0.153. The Hall–Kier alpha value is -1.59. The van der Waals surface area contributed by atoms with Gasteiger partial charge in [-0.3, -0.25) is 9.59 Å². The van der Waals surface area contributed by atoms with Crippen LogP contribution >= 0.6 is 0 Å². The molecule has 1 aliphatic heterocycles. The van der Waals surface area contributed by atoms with E-state index in [1.807, 2.05) is 0 Å². The van der Waals surface area contributed by atoms with Gasteiger partial charge < -0.3 is 14.7 Å². The van der Waals surface area contributed by atoms with E-state index in [1.54, 1.807) is 6.92 Å². The molecule has 0 aromatic rings. The second-order valence-electron chi connectivity index (χ2n) is 3.25. The van der Waals surface area contributed by atoms with Crippen molar-refractivity contribution in [2.24, 2.45) is 5.92 Å². The van der Waals surface area contributed by atoms with Crippen LogP contribution in [0.1, 0.15) is 13.3 Å². The Kier molecular flexibility index (Phi) is 3.65. The van der Waals surface area contributed by atoms with Gasteiger partial charge in [-0.15, -0.1) is 0 Å². The quantitative estimate of drug-likeness (QED) is 0.522. The molecule has 84 valence electrons. The van der Waals surface area contributed by atoms with Gasteiger partial charge in [0.2, 0.25) is 0 Å². The van der Waals surface area contributed by atoms with E-state index in [1.165, 1.54) is 0 Å². The van der Waals surface area contributed by atoms with Crippen molar-refractivity contribution in [1.82, 2.24) is 4.90 Å². The predicted octanol–water partition coefficient (Wildman–Crippen LogP) is 0.118. The number of ether oxygens (including phenoxy) is 1. The smallest absolute Gasteiger partial charge is 0.407 e. The summed E-state index contributed by atoms with van der Waals surface area (Å²) in [6.07, 6.45) is -1.03. The van der Waals surface area contributed by atoms with E-state index < -0.39 is 18.0 Å². The number of esters is 1. The molecule has 0 aliphatic carbocycles. The van der Waals surface area contributed by atoms with Crippen LogP contribution in [0.4, 0.5) is 4.79 Å². The molecule has 1 N–H and O–H groups in total. The summed E-state index contributed by atoms with van der Waals surface area (Å²) in [4.78, 5) is 34.4. The minimum atomic E-state index is -1.11. The molecule has 6 heteroatoms. The summed E-state index contributed by atoms with van der Waals surface area (Å²) >= 11 is 0. The van der Waals surface area contributed by atoms with Gasteiger partial charge in [0, 0.05) is 19.5 Å². The van der Waals surface area contributed by atoms with Crippen LogP contribution in [0.25, 0.3) is 0 Å². The van der Waals surface area contributed by atoms with Crippen molar-refractivity contribution in [3.63, 3.8) is 0 Å². The molecule has 0 aromatic heterocycles. The number of hydrogen-bond donors (Lipinski definition) is 1. The second kappa shape index (κ2) is 4.77. The lowest BCUT2D eigenvalue weighted by Crippen LogP contribution is -2.46. The maximum Gasteiger partial charge on any atom is 0.407 e. The van der Waals surface area contributed by atoms with Crippen LogP contribution in [0.2, 0.25) is 0 Å². The molecule has 0 saturated carbocycles. The molecule has 1 atom stereocenters. The van der Waals surface area contributed by atoms with Crippen LogP contribution in [0.15, 0.2) is 0 Å². The van der Waals surface area contributed by atoms with E-state index in [2.05, 4.69) is 0 Å². The zero-order valence-corrected chi connectivity index (χ0v) is 8.43. The van der Waals surface area contributed by atoms with Gasteiger partial charge in [0.05, 0.1) is 6.61 Å². The number of rotatable bonds is 2. The summed E-state index contributed by atoms with van der Waals surface area (Å²) in [6.45, 7) is 1.90. The zero-order valence-electron chi connectivity index (χ0n) is 8.43. The van der Waals surface area contributed by atoms with Crippen molar-refractivity contribution in [2.45, 2.75) is 13.3 Å². The van der Waals surface area contributed by atoms with Gasteiger partial charge in [-0.2, -0.15) is 0 Å². The molecule has 1 amide bonds. The number of amides is 1. The fourth-order valence-corrected chi connectivity index (χ4v) is 1.46. The highest BCUT2D eigenvalue weighted by Gasteiger charge is 2.35. The van der Waals surface area contributed by atoms with Gasteiger partial charge in [-0.1, -0.05) is 0 Å². The summed E-state index contributed by atoms with van der Waals surface area (Å²) in [5.74, 6) is -1.82. The Morgan fingerprint density at radius 2 is 2.27 bits per heavy atom. The highest BCUT2D eigenvalue weighted by molar-refractivity contribution is 6.00. The molecule has 0 radical (unpaired) electrons. The number of piperidine rings is 1. The van der Waals surface area contributed by atoms with E-state index in [0.717, 1.165) is 4.90 Å². The van der Waals surface area contributed by atoms with Crippen LogP contribution < -0.4 is 0 Å². The average Bonchev–Trinajstić information content (AvgIpc) is 2.18. The van der Waals surface area contributed by atoms with Crippen LogP contribution in [0.3, 0.4) is 0 Å². The molecule has 6 nitrogen and oxygen atoms in total. The van der Waals surface area contributed by atoms with E-state index in [-0.39, 0.29) is 31.9 Å². The van der Waals surface area contributed by atoms with Crippen molar-refractivity contribution in [3.8, 4) is 0 Å². The molecule has 15 heavy (non-hydrogen) atoms. The van der Waals surface area contributed by atoms with Gasteiger partial charge >= 0.3 is 12.1 Å². The topological polar surface area (TPSA) is 83.9 Å². The lowest BCUT2D eigenvalue weighted by Gasteiger charge is -2.28. The molecule has 1 saturated heterocycles. The van der Waals surface area contributed by atoms with Crippen molar-refractivity contribution >= 4 is 17.8 Å².